The van der Waals surface area contributed by atoms with Crippen LogP contribution >= 0.6 is 0 Å². The second-order valence-electron chi connectivity index (χ2n) is 8.57. The molecule has 0 amide bonds. The second-order valence-corrected chi connectivity index (χ2v) is 8.57. The third-order valence-corrected chi connectivity index (χ3v) is 5.94. The van der Waals surface area contributed by atoms with Crippen molar-refractivity contribution in [2.75, 3.05) is 13.7 Å². The lowest BCUT2D eigenvalue weighted by Gasteiger charge is -2.36. The molecule has 2 N–H and O–H groups in total. The maximum absolute atomic E-state index is 12.8. The zero-order chi connectivity index (χ0) is 26.4. The van der Waals surface area contributed by atoms with Gasteiger partial charge in [-0.25, -0.2) is 14.4 Å². The summed E-state index contributed by atoms with van der Waals surface area (Å²) in [6.07, 6.45) is -2.51. The average Bonchev–Trinajstić information content (AvgIpc) is 3.12. The Kier molecular flexibility index (Phi) is 9.55. The smallest absolute Gasteiger partial charge is 0.337 e. The van der Waals surface area contributed by atoms with Crippen molar-refractivity contribution < 1.29 is 48.3 Å². The van der Waals surface area contributed by atoms with E-state index in [1.165, 1.54) is 19.1 Å². The van der Waals surface area contributed by atoms with E-state index in [4.69, 9.17) is 18.9 Å². The van der Waals surface area contributed by atoms with E-state index >= 15 is 0 Å². The predicted octanol–water partition coefficient (Wildman–Crippen LogP) is 1.31. The molecular weight excluding hydrogens is 460 g/mol. The number of aliphatic hydroxyl groups excluding tert-OH is 2. The van der Waals surface area contributed by atoms with Gasteiger partial charge in [-0.3, -0.25) is 4.79 Å². The third kappa shape index (κ3) is 6.07. The lowest BCUT2D eigenvalue weighted by Crippen LogP contribution is -2.49. The van der Waals surface area contributed by atoms with E-state index in [1.807, 2.05) is 0 Å². The first kappa shape index (κ1) is 28.0. The number of rotatable bonds is 6. The van der Waals surface area contributed by atoms with Crippen molar-refractivity contribution >= 4 is 23.9 Å². The van der Waals surface area contributed by atoms with Crippen LogP contribution in [-0.2, 0) is 38.1 Å². The van der Waals surface area contributed by atoms with Gasteiger partial charge in [0.15, 0.2) is 12.2 Å². The number of fused-ring (bicyclic) bond motifs is 1. The summed E-state index contributed by atoms with van der Waals surface area (Å²) in [4.78, 5) is 50.9. The van der Waals surface area contributed by atoms with Gasteiger partial charge in [-0.05, 0) is 25.3 Å². The van der Waals surface area contributed by atoms with Crippen molar-refractivity contribution in [3.05, 3.63) is 47.6 Å². The highest BCUT2D eigenvalue weighted by Crippen LogP contribution is 2.40. The minimum atomic E-state index is -1.57. The van der Waals surface area contributed by atoms with Gasteiger partial charge in [-0.15, -0.1) is 0 Å². The zero-order valence-corrected chi connectivity index (χ0v) is 20.3. The van der Waals surface area contributed by atoms with E-state index in [-0.39, 0.29) is 29.6 Å². The number of carbonyl (C=O) groups is 4. The van der Waals surface area contributed by atoms with Gasteiger partial charge in [-0.1, -0.05) is 39.2 Å². The fraction of sp³-hybridized carbons (Fsp3) is 0.520. The maximum atomic E-state index is 12.8. The Labute approximate surface area is 203 Å². The Hall–Kier alpha value is -3.24. The molecule has 0 aromatic rings. The fourth-order valence-electron chi connectivity index (χ4n) is 3.85. The van der Waals surface area contributed by atoms with E-state index in [1.54, 1.807) is 13.8 Å². The molecule has 0 bridgehead atoms. The molecule has 1 saturated heterocycles. The van der Waals surface area contributed by atoms with E-state index in [0.717, 1.165) is 7.11 Å². The first-order valence-electron chi connectivity index (χ1n) is 11.2. The summed E-state index contributed by atoms with van der Waals surface area (Å²) >= 11 is 0. The molecule has 0 radical (unpaired) electrons. The number of ether oxygens (including phenoxy) is 4. The van der Waals surface area contributed by atoms with Crippen LogP contribution < -0.4 is 0 Å². The molecule has 1 aliphatic carbocycles. The predicted molar refractivity (Wildman–Crippen MR) is 122 cm³/mol. The Balaban J connectivity index is 2.77. The highest BCUT2D eigenvalue weighted by Gasteiger charge is 2.53. The van der Waals surface area contributed by atoms with E-state index in [0.29, 0.717) is 5.57 Å². The van der Waals surface area contributed by atoms with Gasteiger partial charge in [0.05, 0.1) is 36.7 Å². The highest BCUT2D eigenvalue weighted by molar-refractivity contribution is 5.94. The van der Waals surface area contributed by atoms with Crippen molar-refractivity contribution in [1.29, 1.82) is 0 Å². The number of hydrogen-bond donors (Lipinski definition) is 2. The van der Waals surface area contributed by atoms with Crippen molar-refractivity contribution in [1.82, 2.24) is 0 Å². The normalized spacial score (nSPS) is 29.0. The molecule has 192 valence electrons. The van der Waals surface area contributed by atoms with E-state index < -0.39 is 66.7 Å². The SMILES string of the molecule is C=C1C(=O)O[C@H]2[C@H]1[C@H](OC(=O)C(C)C)[C@@H](OC(=O)/C(=C/C)CO)/C(C(=O)OC)=C\CCC(=C)[C@@H]2O. The standard InChI is InChI=1S/C25H32O10/c1-7-15(11-26)24(30)33-19-16(25(31)32-6)10-8-9-13(4)18(27)20-17(14(5)23(29)34-20)21(19)35-22(28)12(2)3/h7,10,12,17-21,26-27H,4-5,8-9,11H2,1-3,6H3/b15-7+,16-10+/t17-,18-,19-,20-,21-/m0/s1. The van der Waals surface area contributed by atoms with Crippen molar-refractivity contribution in [3.8, 4) is 0 Å². The van der Waals surface area contributed by atoms with Crippen LogP contribution in [0.15, 0.2) is 47.6 Å². The molecule has 0 saturated carbocycles. The van der Waals surface area contributed by atoms with Crippen molar-refractivity contribution in [3.63, 3.8) is 0 Å². The molecule has 10 nitrogen and oxygen atoms in total. The van der Waals surface area contributed by atoms with Gasteiger partial charge < -0.3 is 29.2 Å². The van der Waals surface area contributed by atoms with E-state index in [2.05, 4.69) is 13.2 Å². The Morgan fingerprint density at radius 1 is 1.26 bits per heavy atom. The van der Waals surface area contributed by atoms with Crippen LogP contribution in [-0.4, -0.2) is 72.2 Å². The van der Waals surface area contributed by atoms with Crippen LogP contribution in [0.2, 0.25) is 0 Å². The van der Waals surface area contributed by atoms with Crippen LogP contribution in [0.25, 0.3) is 0 Å². The summed E-state index contributed by atoms with van der Waals surface area (Å²) < 4.78 is 21.6. The van der Waals surface area contributed by atoms with Gasteiger partial charge in [0.25, 0.3) is 0 Å². The number of allylic oxidation sites excluding steroid dienone is 2. The monoisotopic (exact) mass is 492 g/mol. The summed E-state index contributed by atoms with van der Waals surface area (Å²) in [5, 5.41) is 20.4. The lowest BCUT2D eigenvalue weighted by molar-refractivity contribution is -0.174. The maximum Gasteiger partial charge on any atom is 0.337 e. The topological polar surface area (TPSA) is 146 Å². The number of methoxy groups -OCH3 is 1. The summed E-state index contributed by atoms with van der Waals surface area (Å²) in [7, 11) is 1.13. The largest absolute Gasteiger partial charge is 0.466 e. The Bertz CT molecular complexity index is 957. The molecule has 0 aromatic heterocycles. The number of esters is 4. The molecule has 1 aliphatic heterocycles. The molecular formula is C25H32O10. The molecule has 1 fully saturated rings. The summed E-state index contributed by atoms with van der Waals surface area (Å²) in [5.74, 6) is -5.21. The first-order valence-corrected chi connectivity index (χ1v) is 11.2. The minimum Gasteiger partial charge on any atom is -0.466 e. The van der Waals surface area contributed by atoms with Crippen LogP contribution in [0.5, 0.6) is 0 Å². The first-order chi connectivity index (χ1) is 16.5. The van der Waals surface area contributed by atoms with Gasteiger partial charge in [0, 0.05) is 5.57 Å². The molecule has 0 unspecified atom stereocenters. The molecule has 5 atom stereocenters. The fourth-order valence-corrected chi connectivity index (χ4v) is 3.85. The Morgan fingerprint density at radius 3 is 2.46 bits per heavy atom. The van der Waals surface area contributed by atoms with Crippen LogP contribution in [0.4, 0.5) is 0 Å². The van der Waals surface area contributed by atoms with Gasteiger partial charge in [0.1, 0.15) is 12.2 Å². The van der Waals surface area contributed by atoms with Gasteiger partial charge in [0.2, 0.25) is 0 Å². The average molecular weight is 493 g/mol. The number of carbonyl (C=O) groups excluding carboxylic acids is 4. The summed E-state index contributed by atoms with van der Waals surface area (Å²) in [6, 6.07) is 0. The summed E-state index contributed by atoms with van der Waals surface area (Å²) in [5.41, 5.74) is -0.0693. The molecule has 1 heterocycles. The zero-order valence-electron chi connectivity index (χ0n) is 20.3. The molecule has 35 heavy (non-hydrogen) atoms. The molecule has 0 spiro atoms. The third-order valence-electron chi connectivity index (χ3n) is 5.94. The van der Waals surface area contributed by atoms with Crippen molar-refractivity contribution in [2.24, 2.45) is 11.8 Å². The van der Waals surface area contributed by atoms with Crippen LogP contribution in [0.1, 0.15) is 33.6 Å². The molecule has 2 rings (SSSR count). The number of aliphatic hydroxyl groups is 2. The van der Waals surface area contributed by atoms with E-state index in [9.17, 15) is 29.4 Å². The van der Waals surface area contributed by atoms with Gasteiger partial charge >= 0.3 is 23.9 Å². The molecule has 2 aliphatic rings. The lowest BCUT2D eigenvalue weighted by atomic mass is 9.80. The Morgan fingerprint density at radius 2 is 1.91 bits per heavy atom. The molecule has 0 aromatic carbocycles. The van der Waals surface area contributed by atoms with Crippen LogP contribution in [0, 0.1) is 11.8 Å². The van der Waals surface area contributed by atoms with Crippen molar-refractivity contribution in [2.45, 2.75) is 58.0 Å². The minimum absolute atomic E-state index is 0.109. The van der Waals surface area contributed by atoms with Gasteiger partial charge in [-0.2, -0.15) is 0 Å². The summed E-state index contributed by atoms with van der Waals surface area (Å²) in [6.45, 7) is 11.6. The second kappa shape index (κ2) is 11.9. The molecule has 10 heteroatoms. The number of hydrogen-bond acceptors (Lipinski definition) is 10. The van der Waals surface area contributed by atoms with Crippen LogP contribution in [0.3, 0.4) is 0 Å². The quantitative estimate of drug-likeness (QED) is 0.241. The highest BCUT2D eigenvalue weighted by atomic mass is 16.6.